The van der Waals surface area contributed by atoms with Crippen molar-refractivity contribution in [3.63, 3.8) is 0 Å². The fourth-order valence-corrected chi connectivity index (χ4v) is 2.49. The first-order valence-corrected chi connectivity index (χ1v) is 7.30. The van der Waals surface area contributed by atoms with E-state index in [1.807, 2.05) is 29.0 Å². The number of alkyl halides is 1. The molecule has 0 saturated carbocycles. The van der Waals surface area contributed by atoms with Gasteiger partial charge in [0, 0.05) is 22.8 Å². The molecule has 0 spiro atoms. The van der Waals surface area contributed by atoms with Crippen LogP contribution in [0.5, 0.6) is 0 Å². The molecule has 0 aliphatic rings. The number of rotatable bonds is 4. The van der Waals surface area contributed by atoms with Crippen molar-refractivity contribution < 1.29 is 4.79 Å². The molecular formula is C13H12BrNOS. The molecule has 1 aromatic heterocycles. The molecule has 0 atom stereocenters. The first kappa shape index (κ1) is 12.3. The maximum absolute atomic E-state index is 11.7. The molecule has 0 bridgehead atoms. The van der Waals surface area contributed by atoms with Crippen LogP contribution in [0.15, 0.2) is 41.1 Å². The van der Waals surface area contributed by atoms with E-state index in [1.165, 1.54) is 16.9 Å². The molecule has 2 rings (SSSR count). The van der Waals surface area contributed by atoms with Gasteiger partial charge in [-0.15, -0.1) is 0 Å². The first-order chi connectivity index (χ1) is 8.29. The van der Waals surface area contributed by atoms with Gasteiger partial charge in [0.25, 0.3) is 5.91 Å². The van der Waals surface area contributed by atoms with Crippen LogP contribution in [0.25, 0.3) is 0 Å². The number of carbonyl (C=O) groups excluding carboxylic acids is 1. The highest BCUT2D eigenvalue weighted by Crippen LogP contribution is 2.09. The number of benzene rings is 1. The van der Waals surface area contributed by atoms with Gasteiger partial charge in [-0.25, -0.2) is 0 Å². The van der Waals surface area contributed by atoms with Crippen molar-refractivity contribution in [1.29, 1.82) is 0 Å². The predicted molar refractivity (Wildman–Crippen MR) is 74.6 cm³/mol. The van der Waals surface area contributed by atoms with Crippen LogP contribution in [-0.2, 0) is 11.9 Å². The fourth-order valence-electron chi connectivity index (χ4n) is 1.50. The van der Waals surface area contributed by atoms with Crippen LogP contribution in [0.4, 0.5) is 0 Å². The van der Waals surface area contributed by atoms with Gasteiger partial charge in [0.2, 0.25) is 0 Å². The molecule has 1 N–H and O–H groups in total. The number of nitrogens with one attached hydrogen (secondary N) is 1. The van der Waals surface area contributed by atoms with Gasteiger partial charge >= 0.3 is 0 Å². The van der Waals surface area contributed by atoms with E-state index in [-0.39, 0.29) is 5.91 Å². The van der Waals surface area contributed by atoms with Gasteiger partial charge < -0.3 is 5.32 Å². The fraction of sp³-hybridized carbons (Fsp3) is 0.154. The monoisotopic (exact) mass is 309 g/mol. The van der Waals surface area contributed by atoms with Crippen LogP contribution in [0.1, 0.15) is 21.5 Å². The van der Waals surface area contributed by atoms with Crippen molar-refractivity contribution >= 4 is 33.2 Å². The molecule has 17 heavy (non-hydrogen) atoms. The molecule has 0 radical (unpaired) electrons. The molecule has 0 saturated heterocycles. The van der Waals surface area contributed by atoms with Crippen LogP contribution in [0.3, 0.4) is 0 Å². The largest absolute Gasteiger partial charge is 0.348 e. The summed E-state index contributed by atoms with van der Waals surface area (Å²) in [5.74, 6) is -0.0181. The van der Waals surface area contributed by atoms with E-state index < -0.39 is 0 Å². The van der Waals surface area contributed by atoms with Gasteiger partial charge in [0.15, 0.2) is 0 Å². The average molecular weight is 310 g/mol. The molecule has 88 valence electrons. The summed E-state index contributed by atoms with van der Waals surface area (Å²) in [4.78, 5) is 11.7. The van der Waals surface area contributed by atoms with Crippen LogP contribution >= 0.6 is 27.3 Å². The molecule has 0 aliphatic carbocycles. The van der Waals surface area contributed by atoms with E-state index in [2.05, 4.69) is 33.4 Å². The summed E-state index contributed by atoms with van der Waals surface area (Å²) in [6.07, 6.45) is 0. The molecule has 2 aromatic rings. The number of hydrogen-bond donors (Lipinski definition) is 1. The molecule has 0 aliphatic heterocycles. The van der Waals surface area contributed by atoms with E-state index >= 15 is 0 Å². The highest BCUT2D eigenvalue weighted by molar-refractivity contribution is 9.08. The number of carbonyl (C=O) groups is 1. The summed E-state index contributed by atoms with van der Waals surface area (Å²) >= 11 is 4.95. The van der Waals surface area contributed by atoms with Gasteiger partial charge in [-0.3, -0.25) is 4.79 Å². The molecule has 1 heterocycles. The minimum atomic E-state index is -0.0181. The van der Waals surface area contributed by atoms with Crippen molar-refractivity contribution in [3.05, 3.63) is 57.8 Å². The summed E-state index contributed by atoms with van der Waals surface area (Å²) in [6, 6.07) is 9.99. The Morgan fingerprint density at radius 2 is 2.12 bits per heavy atom. The van der Waals surface area contributed by atoms with Gasteiger partial charge in [-0.1, -0.05) is 40.2 Å². The zero-order valence-corrected chi connectivity index (χ0v) is 11.6. The maximum Gasteiger partial charge on any atom is 0.252 e. The third-order valence-electron chi connectivity index (χ3n) is 2.38. The number of hydrogen-bond acceptors (Lipinski definition) is 2. The Kier molecular flexibility index (Phi) is 4.34. The quantitative estimate of drug-likeness (QED) is 0.859. The molecule has 1 aromatic carbocycles. The third kappa shape index (κ3) is 3.41. The summed E-state index contributed by atoms with van der Waals surface area (Å²) in [5.41, 5.74) is 3.06. The predicted octanol–water partition coefficient (Wildman–Crippen LogP) is 3.57. The summed E-state index contributed by atoms with van der Waals surface area (Å²) in [7, 11) is 0. The summed E-state index contributed by atoms with van der Waals surface area (Å²) in [5, 5.41) is 7.49. The molecule has 1 amide bonds. The summed E-state index contributed by atoms with van der Waals surface area (Å²) < 4.78 is 0. The van der Waals surface area contributed by atoms with Gasteiger partial charge in [-0.2, -0.15) is 11.3 Å². The summed E-state index contributed by atoms with van der Waals surface area (Å²) in [6.45, 7) is 0.565. The number of halogens is 1. The Morgan fingerprint density at radius 3 is 2.82 bits per heavy atom. The minimum Gasteiger partial charge on any atom is -0.348 e. The van der Waals surface area contributed by atoms with E-state index in [0.717, 1.165) is 16.5 Å². The average Bonchev–Trinajstić information content (AvgIpc) is 2.90. The van der Waals surface area contributed by atoms with Crippen LogP contribution in [-0.4, -0.2) is 5.91 Å². The molecule has 0 fully saturated rings. The van der Waals surface area contributed by atoms with Crippen molar-refractivity contribution in [3.8, 4) is 0 Å². The lowest BCUT2D eigenvalue weighted by Gasteiger charge is -2.05. The lowest BCUT2D eigenvalue weighted by molar-refractivity contribution is 0.0951. The van der Waals surface area contributed by atoms with E-state index in [1.54, 1.807) is 0 Å². The van der Waals surface area contributed by atoms with E-state index in [4.69, 9.17) is 0 Å². The third-order valence-corrected chi connectivity index (χ3v) is 3.71. The Labute approximate surface area is 113 Å². The molecule has 0 unspecified atom stereocenters. The minimum absolute atomic E-state index is 0.0181. The molecular weight excluding hydrogens is 298 g/mol. The second-order valence-corrected chi connectivity index (χ2v) is 4.99. The second-order valence-electron chi connectivity index (χ2n) is 3.65. The number of thiophene rings is 1. The van der Waals surface area contributed by atoms with Crippen molar-refractivity contribution in [2.75, 3.05) is 0 Å². The van der Waals surface area contributed by atoms with E-state index in [0.29, 0.717) is 6.54 Å². The molecule has 4 heteroatoms. The SMILES string of the molecule is O=C(NCc1cccc(CBr)c1)c1ccsc1. The van der Waals surface area contributed by atoms with Gasteiger partial charge in [-0.05, 0) is 22.6 Å². The first-order valence-electron chi connectivity index (χ1n) is 5.24. The Bertz CT molecular complexity index is 496. The Hall–Kier alpha value is -1.13. The molecule has 2 nitrogen and oxygen atoms in total. The standard InChI is InChI=1S/C13H12BrNOS/c14-7-10-2-1-3-11(6-10)8-15-13(16)12-4-5-17-9-12/h1-6,9H,7-8H2,(H,15,16). The Morgan fingerprint density at radius 1 is 1.29 bits per heavy atom. The normalized spacial score (nSPS) is 10.2. The zero-order chi connectivity index (χ0) is 12.1. The van der Waals surface area contributed by atoms with Crippen LogP contribution in [0, 0.1) is 0 Å². The highest BCUT2D eigenvalue weighted by Gasteiger charge is 2.04. The Balaban J connectivity index is 1.95. The van der Waals surface area contributed by atoms with Crippen LogP contribution < -0.4 is 5.32 Å². The smallest absolute Gasteiger partial charge is 0.252 e. The van der Waals surface area contributed by atoms with Crippen LogP contribution in [0.2, 0.25) is 0 Å². The topological polar surface area (TPSA) is 29.1 Å². The van der Waals surface area contributed by atoms with Gasteiger partial charge in [0.05, 0.1) is 0 Å². The van der Waals surface area contributed by atoms with Gasteiger partial charge in [0.1, 0.15) is 0 Å². The van der Waals surface area contributed by atoms with Crippen molar-refractivity contribution in [1.82, 2.24) is 5.32 Å². The van der Waals surface area contributed by atoms with E-state index in [9.17, 15) is 4.79 Å². The lowest BCUT2D eigenvalue weighted by Crippen LogP contribution is -2.22. The zero-order valence-electron chi connectivity index (χ0n) is 9.15. The second kappa shape index (κ2) is 5.98. The van der Waals surface area contributed by atoms with Crippen molar-refractivity contribution in [2.24, 2.45) is 0 Å². The lowest BCUT2D eigenvalue weighted by atomic mass is 10.1. The highest BCUT2D eigenvalue weighted by atomic mass is 79.9. The maximum atomic E-state index is 11.7. The number of amides is 1. The van der Waals surface area contributed by atoms with Crippen molar-refractivity contribution in [2.45, 2.75) is 11.9 Å².